The number of carbonyl (C=O) groups excluding carboxylic acids is 1. The number of anilines is 2. The first-order chi connectivity index (χ1) is 10.2. The SMILES string of the molecule is C#CCN(CC1CC1)c1ccc2c(c1)NC(=O)C2NCC. The molecule has 1 atom stereocenters. The number of amides is 1. The predicted molar refractivity (Wildman–Crippen MR) is 85.3 cm³/mol. The van der Waals surface area contributed by atoms with Crippen molar-refractivity contribution in [3.63, 3.8) is 0 Å². The molecule has 0 aromatic heterocycles. The third-order valence-corrected chi connectivity index (χ3v) is 4.10. The van der Waals surface area contributed by atoms with Gasteiger partial charge in [-0.15, -0.1) is 6.42 Å². The molecule has 110 valence electrons. The number of benzene rings is 1. The molecule has 1 unspecified atom stereocenters. The third kappa shape index (κ3) is 2.88. The van der Waals surface area contributed by atoms with E-state index in [0.717, 1.165) is 35.9 Å². The standard InChI is InChI=1S/C17H21N3O/c1-3-9-20(11-12-5-6-12)13-7-8-14-15(10-13)19-17(21)16(14)18-4-2/h1,7-8,10,12,16,18H,4-6,9,11H2,2H3,(H,19,21). The Morgan fingerprint density at radius 3 is 2.95 bits per heavy atom. The Labute approximate surface area is 125 Å². The number of terminal acetylenes is 1. The average Bonchev–Trinajstić information content (AvgIpc) is 3.23. The Hall–Kier alpha value is -1.99. The van der Waals surface area contributed by atoms with Gasteiger partial charge in [0.1, 0.15) is 6.04 Å². The van der Waals surface area contributed by atoms with Crippen LogP contribution in [0.3, 0.4) is 0 Å². The van der Waals surface area contributed by atoms with Crippen LogP contribution in [0.4, 0.5) is 11.4 Å². The minimum absolute atomic E-state index is 0.0229. The molecule has 21 heavy (non-hydrogen) atoms. The average molecular weight is 283 g/mol. The zero-order valence-corrected chi connectivity index (χ0v) is 12.4. The van der Waals surface area contributed by atoms with Crippen LogP contribution >= 0.6 is 0 Å². The van der Waals surface area contributed by atoms with Crippen LogP contribution in [0.1, 0.15) is 31.4 Å². The highest BCUT2D eigenvalue weighted by atomic mass is 16.2. The molecule has 2 N–H and O–H groups in total. The molecule has 1 aromatic rings. The minimum Gasteiger partial charge on any atom is -0.360 e. The van der Waals surface area contributed by atoms with Crippen molar-refractivity contribution in [1.29, 1.82) is 0 Å². The smallest absolute Gasteiger partial charge is 0.246 e. The van der Waals surface area contributed by atoms with E-state index in [4.69, 9.17) is 6.42 Å². The van der Waals surface area contributed by atoms with Crippen molar-refractivity contribution < 1.29 is 4.79 Å². The number of fused-ring (bicyclic) bond motifs is 1. The van der Waals surface area contributed by atoms with E-state index in [9.17, 15) is 4.79 Å². The highest BCUT2D eigenvalue weighted by Gasteiger charge is 2.30. The van der Waals surface area contributed by atoms with Gasteiger partial charge in [-0.2, -0.15) is 0 Å². The molecule has 3 rings (SSSR count). The molecule has 4 nitrogen and oxygen atoms in total. The van der Waals surface area contributed by atoms with Gasteiger partial charge in [-0.25, -0.2) is 0 Å². The number of nitrogens with one attached hydrogen (secondary N) is 2. The molecule has 2 aliphatic rings. The van der Waals surface area contributed by atoms with E-state index in [1.807, 2.05) is 19.1 Å². The summed E-state index contributed by atoms with van der Waals surface area (Å²) >= 11 is 0. The van der Waals surface area contributed by atoms with Gasteiger partial charge in [0.05, 0.1) is 6.54 Å². The fraction of sp³-hybridized carbons (Fsp3) is 0.471. The quantitative estimate of drug-likeness (QED) is 0.786. The maximum absolute atomic E-state index is 12.0. The van der Waals surface area contributed by atoms with Crippen LogP contribution in [-0.2, 0) is 4.79 Å². The largest absolute Gasteiger partial charge is 0.360 e. The zero-order chi connectivity index (χ0) is 14.8. The molecule has 1 fully saturated rings. The summed E-state index contributed by atoms with van der Waals surface area (Å²) in [6, 6.07) is 5.92. The molecule has 0 spiro atoms. The molecule has 1 aliphatic heterocycles. The van der Waals surface area contributed by atoms with Gasteiger partial charge in [-0.1, -0.05) is 18.9 Å². The topological polar surface area (TPSA) is 44.4 Å². The third-order valence-electron chi connectivity index (χ3n) is 4.10. The highest BCUT2D eigenvalue weighted by Crippen LogP contribution is 2.36. The zero-order valence-electron chi connectivity index (χ0n) is 12.4. The molecule has 1 aliphatic carbocycles. The number of nitrogens with zero attached hydrogens (tertiary/aromatic N) is 1. The number of hydrogen-bond acceptors (Lipinski definition) is 3. The molecule has 1 heterocycles. The maximum Gasteiger partial charge on any atom is 0.246 e. The van der Waals surface area contributed by atoms with Crippen molar-refractivity contribution in [3.8, 4) is 12.3 Å². The van der Waals surface area contributed by atoms with Crippen molar-refractivity contribution in [2.75, 3.05) is 29.9 Å². The monoisotopic (exact) mass is 283 g/mol. The van der Waals surface area contributed by atoms with Crippen LogP contribution in [0.15, 0.2) is 18.2 Å². The van der Waals surface area contributed by atoms with Crippen LogP contribution in [0.2, 0.25) is 0 Å². The van der Waals surface area contributed by atoms with Crippen LogP contribution in [0, 0.1) is 18.3 Å². The maximum atomic E-state index is 12.0. The summed E-state index contributed by atoms with van der Waals surface area (Å²) < 4.78 is 0. The molecule has 1 saturated carbocycles. The van der Waals surface area contributed by atoms with Gasteiger partial charge in [-0.3, -0.25) is 4.79 Å². The van der Waals surface area contributed by atoms with Gasteiger partial charge in [-0.05, 0) is 37.4 Å². The Morgan fingerprint density at radius 1 is 1.48 bits per heavy atom. The summed E-state index contributed by atoms with van der Waals surface area (Å²) in [5.74, 6) is 3.53. The van der Waals surface area contributed by atoms with E-state index in [2.05, 4.69) is 27.5 Å². The second-order valence-electron chi connectivity index (χ2n) is 5.78. The van der Waals surface area contributed by atoms with Gasteiger partial charge in [0.15, 0.2) is 0 Å². The Balaban J connectivity index is 1.83. The summed E-state index contributed by atoms with van der Waals surface area (Å²) in [5, 5.41) is 6.17. The van der Waals surface area contributed by atoms with Crippen molar-refractivity contribution >= 4 is 17.3 Å². The van der Waals surface area contributed by atoms with Crippen LogP contribution in [0.25, 0.3) is 0 Å². The summed E-state index contributed by atoms with van der Waals surface area (Å²) in [6.45, 7) is 4.39. The second-order valence-corrected chi connectivity index (χ2v) is 5.78. The van der Waals surface area contributed by atoms with E-state index >= 15 is 0 Å². The second kappa shape index (κ2) is 5.79. The van der Waals surface area contributed by atoms with Gasteiger partial charge >= 0.3 is 0 Å². The summed E-state index contributed by atoms with van der Waals surface area (Å²) in [4.78, 5) is 14.2. The first-order valence-corrected chi connectivity index (χ1v) is 7.59. The lowest BCUT2D eigenvalue weighted by atomic mass is 10.1. The molecule has 1 aromatic carbocycles. The minimum atomic E-state index is -0.233. The van der Waals surface area contributed by atoms with Crippen molar-refractivity contribution in [2.24, 2.45) is 5.92 Å². The molecule has 0 saturated heterocycles. The van der Waals surface area contributed by atoms with Crippen LogP contribution < -0.4 is 15.5 Å². The van der Waals surface area contributed by atoms with Crippen molar-refractivity contribution in [1.82, 2.24) is 5.32 Å². The fourth-order valence-electron chi connectivity index (χ4n) is 2.84. The normalized spacial score (nSPS) is 19.8. The molecular weight excluding hydrogens is 262 g/mol. The Bertz CT molecular complexity index is 586. The molecule has 0 radical (unpaired) electrons. The van der Waals surface area contributed by atoms with E-state index in [-0.39, 0.29) is 11.9 Å². The summed E-state index contributed by atoms with van der Waals surface area (Å²) in [7, 11) is 0. The van der Waals surface area contributed by atoms with Gasteiger partial charge in [0, 0.05) is 23.5 Å². The number of rotatable bonds is 6. The first-order valence-electron chi connectivity index (χ1n) is 7.59. The highest BCUT2D eigenvalue weighted by molar-refractivity contribution is 6.03. The first kappa shape index (κ1) is 14.0. The fourth-order valence-corrected chi connectivity index (χ4v) is 2.84. The molecule has 1 amide bonds. The summed E-state index contributed by atoms with van der Waals surface area (Å²) in [6.07, 6.45) is 8.08. The van der Waals surface area contributed by atoms with Crippen molar-refractivity contribution in [3.05, 3.63) is 23.8 Å². The number of hydrogen-bond donors (Lipinski definition) is 2. The predicted octanol–water partition coefficient (Wildman–Crippen LogP) is 2.14. The Kier molecular flexibility index (Phi) is 3.85. The van der Waals surface area contributed by atoms with E-state index < -0.39 is 0 Å². The summed E-state index contributed by atoms with van der Waals surface area (Å²) in [5.41, 5.74) is 3.02. The lowest BCUT2D eigenvalue weighted by Gasteiger charge is -2.23. The molecule has 4 heteroatoms. The number of carbonyl (C=O) groups is 1. The Morgan fingerprint density at radius 2 is 2.29 bits per heavy atom. The van der Waals surface area contributed by atoms with Gasteiger partial charge in [0.2, 0.25) is 5.91 Å². The van der Waals surface area contributed by atoms with Crippen LogP contribution in [0.5, 0.6) is 0 Å². The van der Waals surface area contributed by atoms with E-state index in [1.54, 1.807) is 0 Å². The molecule has 0 bridgehead atoms. The number of likely N-dealkylation sites (N-methyl/N-ethyl adjacent to an activating group) is 1. The van der Waals surface area contributed by atoms with Crippen LogP contribution in [-0.4, -0.2) is 25.5 Å². The molecular formula is C17H21N3O. The van der Waals surface area contributed by atoms with Gasteiger partial charge < -0.3 is 15.5 Å². The van der Waals surface area contributed by atoms with Gasteiger partial charge in [0.25, 0.3) is 0 Å². The lowest BCUT2D eigenvalue weighted by Crippen LogP contribution is -2.27. The van der Waals surface area contributed by atoms with Crippen molar-refractivity contribution in [2.45, 2.75) is 25.8 Å². The van der Waals surface area contributed by atoms with E-state index in [0.29, 0.717) is 6.54 Å². The lowest BCUT2D eigenvalue weighted by molar-refractivity contribution is -0.117. The van der Waals surface area contributed by atoms with E-state index in [1.165, 1.54) is 12.8 Å².